The third kappa shape index (κ3) is 2.14. The van der Waals surface area contributed by atoms with E-state index < -0.39 is 5.60 Å². The second-order valence-electron chi connectivity index (χ2n) is 5.76. The van der Waals surface area contributed by atoms with Crippen molar-refractivity contribution in [1.29, 1.82) is 0 Å². The van der Waals surface area contributed by atoms with Crippen LogP contribution in [0.25, 0.3) is 11.0 Å². The molecule has 2 heterocycles. The number of hydrogen-bond acceptors (Lipinski definition) is 4. The first-order chi connectivity index (χ1) is 9.35. The third-order valence-corrected chi connectivity index (χ3v) is 3.67. The number of β-amino-alcohol motifs (C(OH)–C–C–N with tert-alkyl or cyclic N) is 1. The van der Waals surface area contributed by atoms with Crippen molar-refractivity contribution in [2.24, 2.45) is 0 Å². The molecule has 1 N–H and O–H groups in total. The summed E-state index contributed by atoms with van der Waals surface area (Å²) >= 11 is 0. The van der Waals surface area contributed by atoms with Crippen LogP contribution in [0.15, 0.2) is 18.2 Å². The van der Waals surface area contributed by atoms with Crippen LogP contribution in [-0.2, 0) is 0 Å². The van der Waals surface area contributed by atoms with Gasteiger partial charge in [-0.1, -0.05) is 0 Å². The van der Waals surface area contributed by atoms with E-state index in [-0.39, 0.29) is 5.91 Å². The Morgan fingerprint density at radius 3 is 2.40 bits per heavy atom. The van der Waals surface area contributed by atoms with Crippen molar-refractivity contribution in [3.05, 3.63) is 35.2 Å². The fourth-order valence-corrected chi connectivity index (χ4v) is 2.47. The molecule has 1 amide bonds. The molecule has 5 heteroatoms. The summed E-state index contributed by atoms with van der Waals surface area (Å²) in [6.07, 6.45) is 0. The molecule has 0 unspecified atom stereocenters. The summed E-state index contributed by atoms with van der Waals surface area (Å²) < 4.78 is 0. The third-order valence-electron chi connectivity index (χ3n) is 3.67. The van der Waals surface area contributed by atoms with E-state index in [0.717, 1.165) is 22.4 Å². The Morgan fingerprint density at radius 1 is 1.20 bits per heavy atom. The van der Waals surface area contributed by atoms with Crippen LogP contribution in [0, 0.1) is 13.8 Å². The number of nitrogens with zero attached hydrogens (tertiary/aromatic N) is 3. The van der Waals surface area contributed by atoms with Gasteiger partial charge in [0.2, 0.25) is 0 Å². The van der Waals surface area contributed by atoms with Gasteiger partial charge in [-0.3, -0.25) is 4.79 Å². The second kappa shape index (κ2) is 4.24. The van der Waals surface area contributed by atoms with E-state index in [9.17, 15) is 9.90 Å². The van der Waals surface area contributed by atoms with Crippen LogP contribution >= 0.6 is 0 Å². The van der Waals surface area contributed by atoms with Crippen LogP contribution in [0.4, 0.5) is 0 Å². The summed E-state index contributed by atoms with van der Waals surface area (Å²) in [4.78, 5) is 22.8. The molecule has 1 aliphatic heterocycles. The van der Waals surface area contributed by atoms with Crippen LogP contribution < -0.4 is 0 Å². The minimum Gasteiger partial charge on any atom is -0.386 e. The van der Waals surface area contributed by atoms with Gasteiger partial charge in [0.1, 0.15) is 0 Å². The summed E-state index contributed by atoms with van der Waals surface area (Å²) in [5.41, 5.74) is 3.13. The molecule has 1 fully saturated rings. The topological polar surface area (TPSA) is 66.3 Å². The minimum atomic E-state index is -0.750. The van der Waals surface area contributed by atoms with Gasteiger partial charge in [0.15, 0.2) is 0 Å². The predicted octanol–water partition coefficient (Wildman–Crippen LogP) is 1.45. The highest BCUT2D eigenvalue weighted by molar-refractivity contribution is 5.97. The monoisotopic (exact) mass is 271 g/mol. The maximum absolute atomic E-state index is 12.3. The summed E-state index contributed by atoms with van der Waals surface area (Å²) in [6, 6.07) is 5.35. The average Bonchev–Trinajstić information content (AvgIpc) is 2.36. The Balaban J connectivity index is 1.93. The fraction of sp³-hybridized carbons (Fsp3) is 0.400. The number of carbonyl (C=O) groups is 1. The zero-order valence-corrected chi connectivity index (χ0v) is 11.8. The van der Waals surface area contributed by atoms with Gasteiger partial charge in [0.05, 0.1) is 41.1 Å². The van der Waals surface area contributed by atoms with E-state index in [0.29, 0.717) is 18.7 Å². The second-order valence-corrected chi connectivity index (χ2v) is 5.76. The molecule has 3 rings (SSSR count). The van der Waals surface area contributed by atoms with Crippen molar-refractivity contribution >= 4 is 16.9 Å². The predicted molar refractivity (Wildman–Crippen MR) is 75.5 cm³/mol. The number of aromatic nitrogens is 2. The molecule has 5 nitrogen and oxygen atoms in total. The van der Waals surface area contributed by atoms with Crippen molar-refractivity contribution < 1.29 is 9.90 Å². The Morgan fingerprint density at radius 2 is 1.80 bits per heavy atom. The van der Waals surface area contributed by atoms with Crippen LogP contribution in [-0.4, -0.2) is 44.6 Å². The molecule has 1 aliphatic rings. The molecule has 1 saturated heterocycles. The molecular formula is C15H17N3O2. The number of aryl methyl sites for hydroxylation is 2. The molecule has 0 atom stereocenters. The molecule has 0 radical (unpaired) electrons. The molecular weight excluding hydrogens is 254 g/mol. The van der Waals surface area contributed by atoms with E-state index >= 15 is 0 Å². The van der Waals surface area contributed by atoms with Crippen LogP contribution in [0.1, 0.15) is 28.7 Å². The highest BCUT2D eigenvalue weighted by Gasteiger charge is 2.39. The summed E-state index contributed by atoms with van der Waals surface area (Å²) in [5.74, 6) is -0.0709. The first kappa shape index (κ1) is 13.0. The van der Waals surface area contributed by atoms with Crippen molar-refractivity contribution in [3.8, 4) is 0 Å². The van der Waals surface area contributed by atoms with Crippen LogP contribution in [0.2, 0.25) is 0 Å². The summed E-state index contributed by atoms with van der Waals surface area (Å²) in [6.45, 7) is 6.31. The molecule has 0 spiro atoms. The zero-order valence-electron chi connectivity index (χ0n) is 11.8. The van der Waals surface area contributed by atoms with Gasteiger partial charge >= 0.3 is 0 Å². The molecule has 20 heavy (non-hydrogen) atoms. The molecule has 104 valence electrons. The number of rotatable bonds is 1. The number of carbonyl (C=O) groups excluding carboxylic acids is 1. The molecule has 0 bridgehead atoms. The Hall–Kier alpha value is -2.01. The van der Waals surface area contributed by atoms with Gasteiger partial charge in [-0.15, -0.1) is 0 Å². The van der Waals surface area contributed by atoms with E-state index in [1.54, 1.807) is 24.0 Å². The lowest BCUT2D eigenvalue weighted by molar-refractivity contribution is -0.0668. The first-order valence-electron chi connectivity index (χ1n) is 6.62. The minimum absolute atomic E-state index is 0.0709. The van der Waals surface area contributed by atoms with Crippen LogP contribution in [0.5, 0.6) is 0 Å². The number of fused-ring (bicyclic) bond motifs is 1. The quantitative estimate of drug-likeness (QED) is 0.852. The number of hydrogen-bond donors (Lipinski definition) is 1. The summed E-state index contributed by atoms with van der Waals surface area (Å²) in [7, 11) is 0. The number of aliphatic hydroxyl groups is 1. The number of amides is 1. The van der Waals surface area contributed by atoms with Crippen molar-refractivity contribution in [1.82, 2.24) is 14.9 Å². The zero-order chi connectivity index (χ0) is 14.5. The van der Waals surface area contributed by atoms with E-state index in [4.69, 9.17) is 0 Å². The Kier molecular flexibility index (Phi) is 2.76. The van der Waals surface area contributed by atoms with Crippen molar-refractivity contribution in [2.75, 3.05) is 13.1 Å². The van der Waals surface area contributed by atoms with Gasteiger partial charge in [-0.2, -0.15) is 0 Å². The molecule has 2 aromatic rings. The first-order valence-corrected chi connectivity index (χ1v) is 6.62. The molecule has 0 aliphatic carbocycles. The highest BCUT2D eigenvalue weighted by Crippen LogP contribution is 2.23. The van der Waals surface area contributed by atoms with E-state index in [2.05, 4.69) is 9.97 Å². The smallest absolute Gasteiger partial charge is 0.254 e. The van der Waals surface area contributed by atoms with E-state index in [1.165, 1.54) is 0 Å². The van der Waals surface area contributed by atoms with Gasteiger partial charge in [-0.25, -0.2) is 9.97 Å². The highest BCUT2D eigenvalue weighted by atomic mass is 16.3. The lowest BCUT2D eigenvalue weighted by atomic mass is 9.96. The lowest BCUT2D eigenvalue weighted by Crippen LogP contribution is -2.61. The van der Waals surface area contributed by atoms with E-state index in [1.807, 2.05) is 19.9 Å². The fourth-order valence-electron chi connectivity index (χ4n) is 2.47. The largest absolute Gasteiger partial charge is 0.386 e. The normalized spacial score (nSPS) is 17.1. The molecule has 0 saturated carbocycles. The summed E-state index contributed by atoms with van der Waals surface area (Å²) in [5, 5.41) is 9.70. The standard InChI is InChI=1S/C15H17N3O2/c1-9-10(2)17-13-6-11(4-5-12(13)16-9)14(19)18-7-15(3,20)8-18/h4-6,20H,7-8H2,1-3H3. The molecule has 1 aromatic heterocycles. The Bertz CT molecular complexity index is 702. The maximum atomic E-state index is 12.3. The SMILES string of the molecule is Cc1nc2ccc(C(=O)N3CC(C)(O)C3)cc2nc1C. The average molecular weight is 271 g/mol. The van der Waals surface area contributed by atoms with Crippen molar-refractivity contribution in [2.45, 2.75) is 26.4 Å². The lowest BCUT2D eigenvalue weighted by Gasteiger charge is -2.44. The van der Waals surface area contributed by atoms with Crippen molar-refractivity contribution in [3.63, 3.8) is 0 Å². The van der Waals surface area contributed by atoms with Gasteiger partial charge in [0, 0.05) is 5.56 Å². The van der Waals surface area contributed by atoms with Crippen LogP contribution in [0.3, 0.4) is 0 Å². The van der Waals surface area contributed by atoms with Gasteiger partial charge in [-0.05, 0) is 39.0 Å². The Labute approximate surface area is 117 Å². The van der Waals surface area contributed by atoms with Gasteiger partial charge < -0.3 is 10.0 Å². The molecule has 1 aromatic carbocycles. The number of likely N-dealkylation sites (tertiary alicyclic amines) is 1. The maximum Gasteiger partial charge on any atom is 0.254 e. The van der Waals surface area contributed by atoms with Gasteiger partial charge in [0.25, 0.3) is 5.91 Å². The number of benzene rings is 1.